The largest absolute Gasteiger partial charge is 0.481 e. The van der Waals surface area contributed by atoms with Gasteiger partial charge in [0.05, 0.1) is 5.92 Å². The number of rotatable bonds is 8. The summed E-state index contributed by atoms with van der Waals surface area (Å²) < 4.78 is 0. The summed E-state index contributed by atoms with van der Waals surface area (Å²) in [5, 5.41) is 17.2. The molecule has 14 heavy (non-hydrogen) atoms. The molecule has 0 aliphatic heterocycles. The average Bonchev–Trinajstić information content (AvgIpc) is 2.10. The third kappa shape index (κ3) is 6.46. The molecule has 0 heterocycles. The predicted octanol–water partition coefficient (Wildman–Crippen LogP) is 2.13. The van der Waals surface area contributed by atoms with E-state index in [1.54, 1.807) is 0 Å². The van der Waals surface area contributed by atoms with Crippen LogP contribution in [0.4, 0.5) is 0 Å². The van der Waals surface area contributed by atoms with Crippen molar-refractivity contribution in [2.24, 2.45) is 5.92 Å². The molecule has 0 amide bonds. The van der Waals surface area contributed by atoms with Crippen molar-refractivity contribution in [1.82, 2.24) is 0 Å². The lowest BCUT2D eigenvalue weighted by Gasteiger charge is -2.09. The SMILES string of the molecule is CCCCCC(CCC(=O)O)C(=O)O. The van der Waals surface area contributed by atoms with Crippen LogP contribution in [0.3, 0.4) is 0 Å². The van der Waals surface area contributed by atoms with Gasteiger partial charge in [0.25, 0.3) is 0 Å². The van der Waals surface area contributed by atoms with Crippen molar-refractivity contribution in [3.05, 3.63) is 0 Å². The molecule has 0 bridgehead atoms. The Bertz CT molecular complexity index is 189. The topological polar surface area (TPSA) is 74.6 Å². The van der Waals surface area contributed by atoms with Crippen molar-refractivity contribution in [3.63, 3.8) is 0 Å². The van der Waals surface area contributed by atoms with Gasteiger partial charge in [-0.3, -0.25) is 9.59 Å². The molecule has 0 aromatic heterocycles. The maximum absolute atomic E-state index is 10.7. The van der Waals surface area contributed by atoms with Gasteiger partial charge in [0.1, 0.15) is 0 Å². The standard InChI is InChI=1S/C10H18O4/c1-2-3-4-5-8(10(13)14)6-7-9(11)12/h8H,2-7H2,1H3,(H,11,12)(H,13,14). The molecule has 0 rings (SSSR count). The highest BCUT2D eigenvalue weighted by Crippen LogP contribution is 2.15. The molecule has 0 saturated heterocycles. The zero-order chi connectivity index (χ0) is 11.0. The van der Waals surface area contributed by atoms with Crippen LogP contribution in [0.25, 0.3) is 0 Å². The van der Waals surface area contributed by atoms with E-state index >= 15 is 0 Å². The van der Waals surface area contributed by atoms with Crippen LogP contribution in [-0.2, 0) is 9.59 Å². The predicted molar refractivity (Wildman–Crippen MR) is 52.1 cm³/mol. The number of carbonyl (C=O) groups is 2. The minimum absolute atomic E-state index is 0.0525. The molecule has 0 aliphatic carbocycles. The fourth-order valence-corrected chi connectivity index (χ4v) is 1.33. The Labute approximate surface area is 83.9 Å². The molecular weight excluding hydrogens is 184 g/mol. The number of hydrogen-bond donors (Lipinski definition) is 2. The van der Waals surface area contributed by atoms with Crippen molar-refractivity contribution in [1.29, 1.82) is 0 Å². The van der Waals surface area contributed by atoms with Crippen LogP contribution in [0.2, 0.25) is 0 Å². The Balaban J connectivity index is 3.78. The van der Waals surface area contributed by atoms with E-state index in [0.717, 1.165) is 19.3 Å². The smallest absolute Gasteiger partial charge is 0.306 e. The van der Waals surface area contributed by atoms with Crippen LogP contribution in [0, 0.1) is 5.92 Å². The van der Waals surface area contributed by atoms with Gasteiger partial charge >= 0.3 is 11.9 Å². The number of carboxylic acids is 2. The number of hydrogen-bond acceptors (Lipinski definition) is 2. The summed E-state index contributed by atoms with van der Waals surface area (Å²) in [5.74, 6) is -2.29. The normalized spacial score (nSPS) is 12.4. The lowest BCUT2D eigenvalue weighted by molar-refractivity contribution is -0.143. The van der Waals surface area contributed by atoms with Gasteiger partial charge in [-0.15, -0.1) is 0 Å². The molecule has 0 aromatic rings. The molecule has 1 unspecified atom stereocenters. The Hall–Kier alpha value is -1.06. The average molecular weight is 202 g/mol. The second kappa shape index (κ2) is 7.35. The minimum atomic E-state index is -0.924. The van der Waals surface area contributed by atoms with Gasteiger partial charge in [-0.05, 0) is 12.8 Å². The number of aliphatic carboxylic acids is 2. The third-order valence-electron chi connectivity index (χ3n) is 2.21. The van der Waals surface area contributed by atoms with Crippen LogP contribution in [0.15, 0.2) is 0 Å². The van der Waals surface area contributed by atoms with Crippen LogP contribution < -0.4 is 0 Å². The lowest BCUT2D eigenvalue weighted by atomic mass is 9.96. The van der Waals surface area contributed by atoms with Crippen molar-refractivity contribution >= 4 is 11.9 Å². The maximum Gasteiger partial charge on any atom is 0.306 e. The van der Waals surface area contributed by atoms with Crippen molar-refractivity contribution in [2.75, 3.05) is 0 Å². The molecule has 0 fully saturated rings. The molecule has 1 atom stereocenters. The molecule has 82 valence electrons. The zero-order valence-electron chi connectivity index (χ0n) is 8.53. The van der Waals surface area contributed by atoms with Gasteiger partial charge in [-0.1, -0.05) is 26.2 Å². The summed E-state index contributed by atoms with van der Waals surface area (Å²) in [6, 6.07) is 0. The van der Waals surface area contributed by atoms with E-state index in [0.29, 0.717) is 6.42 Å². The van der Waals surface area contributed by atoms with Gasteiger partial charge in [-0.2, -0.15) is 0 Å². The molecular formula is C10H18O4. The third-order valence-corrected chi connectivity index (χ3v) is 2.21. The van der Waals surface area contributed by atoms with E-state index in [4.69, 9.17) is 10.2 Å². The van der Waals surface area contributed by atoms with E-state index < -0.39 is 17.9 Å². The van der Waals surface area contributed by atoms with Crippen LogP contribution in [0.1, 0.15) is 45.4 Å². The van der Waals surface area contributed by atoms with E-state index in [-0.39, 0.29) is 12.8 Å². The maximum atomic E-state index is 10.7. The highest BCUT2D eigenvalue weighted by atomic mass is 16.4. The molecule has 2 N–H and O–H groups in total. The van der Waals surface area contributed by atoms with E-state index in [1.165, 1.54) is 0 Å². The summed E-state index contributed by atoms with van der Waals surface area (Å²) in [5.41, 5.74) is 0. The second-order valence-corrected chi connectivity index (χ2v) is 3.46. The summed E-state index contributed by atoms with van der Waals surface area (Å²) in [4.78, 5) is 21.0. The van der Waals surface area contributed by atoms with Crippen molar-refractivity contribution < 1.29 is 19.8 Å². The first-order valence-electron chi connectivity index (χ1n) is 5.02. The van der Waals surface area contributed by atoms with Gasteiger partial charge in [-0.25, -0.2) is 0 Å². The van der Waals surface area contributed by atoms with Crippen molar-refractivity contribution in [3.8, 4) is 0 Å². The number of unbranched alkanes of at least 4 members (excludes halogenated alkanes) is 2. The lowest BCUT2D eigenvalue weighted by Crippen LogP contribution is -2.15. The van der Waals surface area contributed by atoms with Gasteiger partial charge in [0.2, 0.25) is 0 Å². The first kappa shape index (κ1) is 12.9. The first-order chi connectivity index (χ1) is 6.57. The molecule has 0 aliphatic rings. The second-order valence-electron chi connectivity index (χ2n) is 3.46. The number of carboxylic acid groups (broad SMARTS) is 2. The first-order valence-corrected chi connectivity index (χ1v) is 5.02. The van der Waals surface area contributed by atoms with Gasteiger partial charge in [0, 0.05) is 6.42 Å². The highest BCUT2D eigenvalue weighted by Gasteiger charge is 2.17. The molecule has 4 nitrogen and oxygen atoms in total. The van der Waals surface area contributed by atoms with Gasteiger partial charge in [0.15, 0.2) is 0 Å². The summed E-state index contributed by atoms with van der Waals surface area (Å²) in [6.07, 6.45) is 3.71. The molecule has 0 saturated carbocycles. The van der Waals surface area contributed by atoms with Crippen LogP contribution in [-0.4, -0.2) is 22.2 Å². The summed E-state index contributed by atoms with van der Waals surface area (Å²) in [6.45, 7) is 2.05. The van der Waals surface area contributed by atoms with Crippen LogP contribution >= 0.6 is 0 Å². The highest BCUT2D eigenvalue weighted by molar-refractivity contribution is 5.72. The summed E-state index contributed by atoms with van der Waals surface area (Å²) in [7, 11) is 0. The van der Waals surface area contributed by atoms with Gasteiger partial charge < -0.3 is 10.2 Å². The Morgan fingerprint density at radius 1 is 1.14 bits per heavy atom. The Morgan fingerprint density at radius 2 is 1.79 bits per heavy atom. The minimum Gasteiger partial charge on any atom is -0.481 e. The Kier molecular flexibility index (Phi) is 6.80. The van der Waals surface area contributed by atoms with Crippen LogP contribution in [0.5, 0.6) is 0 Å². The fourth-order valence-electron chi connectivity index (χ4n) is 1.33. The molecule has 0 spiro atoms. The quantitative estimate of drug-likeness (QED) is 0.591. The Morgan fingerprint density at radius 3 is 2.21 bits per heavy atom. The van der Waals surface area contributed by atoms with E-state index in [2.05, 4.69) is 0 Å². The zero-order valence-corrected chi connectivity index (χ0v) is 8.53. The molecule has 4 heteroatoms. The van der Waals surface area contributed by atoms with E-state index in [1.807, 2.05) is 6.92 Å². The summed E-state index contributed by atoms with van der Waals surface area (Å²) >= 11 is 0. The van der Waals surface area contributed by atoms with Crippen molar-refractivity contribution in [2.45, 2.75) is 45.4 Å². The van der Waals surface area contributed by atoms with E-state index in [9.17, 15) is 9.59 Å². The monoisotopic (exact) mass is 202 g/mol. The fraction of sp³-hybridized carbons (Fsp3) is 0.800. The molecule has 0 radical (unpaired) electrons. The molecule has 0 aromatic carbocycles.